The van der Waals surface area contributed by atoms with Gasteiger partial charge >= 0.3 is 5.97 Å². The lowest BCUT2D eigenvalue weighted by molar-refractivity contribution is 0.0529. The van der Waals surface area contributed by atoms with Gasteiger partial charge in [0.25, 0.3) is 5.91 Å². The predicted molar refractivity (Wildman–Crippen MR) is 127 cm³/mol. The van der Waals surface area contributed by atoms with Crippen LogP contribution in [0.3, 0.4) is 0 Å². The Balaban J connectivity index is 2.02. The first-order chi connectivity index (χ1) is 15.4. The lowest BCUT2D eigenvalue weighted by Gasteiger charge is -2.13. The minimum atomic E-state index is -0.487. The smallest absolute Gasteiger partial charge is 0.341 e. The molecule has 3 aromatic rings. The van der Waals surface area contributed by atoms with Crippen LogP contribution in [-0.2, 0) is 4.74 Å². The average Bonchev–Trinajstić information content (AvgIpc) is 3.22. The molecule has 0 spiro atoms. The van der Waals surface area contributed by atoms with Crippen molar-refractivity contribution in [3.8, 4) is 22.6 Å². The van der Waals surface area contributed by atoms with Crippen molar-refractivity contribution in [2.45, 2.75) is 26.7 Å². The molecule has 1 heterocycles. The normalized spacial score (nSPS) is 10.7. The topological polar surface area (TPSA) is 73.9 Å². The number of rotatable bonds is 8. The molecule has 6 nitrogen and oxygen atoms in total. The SMILES string of the molecule is CCOC(=O)c1c(-c2ccc(C(C)C)cc2)csc1NC(=O)c1c(OC)cccc1OC. The molecule has 32 heavy (non-hydrogen) atoms. The number of nitrogens with one attached hydrogen (secondary N) is 1. The van der Waals surface area contributed by atoms with Crippen LogP contribution in [0.15, 0.2) is 47.8 Å². The highest BCUT2D eigenvalue weighted by Gasteiger charge is 2.25. The molecule has 7 heteroatoms. The van der Waals surface area contributed by atoms with Crippen LogP contribution in [0, 0.1) is 0 Å². The Morgan fingerprint density at radius 3 is 2.12 bits per heavy atom. The van der Waals surface area contributed by atoms with E-state index in [4.69, 9.17) is 14.2 Å². The molecule has 3 rings (SSSR count). The highest BCUT2D eigenvalue weighted by molar-refractivity contribution is 7.15. The van der Waals surface area contributed by atoms with Gasteiger partial charge in [0.2, 0.25) is 0 Å². The fourth-order valence-corrected chi connectivity index (χ4v) is 4.31. The fourth-order valence-electron chi connectivity index (χ4n) is 3.36. The minimum Gasteiger partial charge on any atom is -0.496 e. The summed E-state index contributed by atoms with van der Waals surface area (Å²) < 4.78 is 16.0. The van der Waals surface area contributed by atoms with Gasteiger partial charge in [-0.05, 0) is 36.1 Å². The summed E-state index contributed by atoms with van der Waals surface area (Å²) >= 11 is 1.27. The molecule has 0 radical (unpaired) electrons. The van der Waals surface area contributed by atoms with E-state index in [9.17, 15) is 9.59 Å². The van der Waals surface area contributed by atoms with Gasteiger partial charge in [0.15, 0.2) is 0 Å². The van der Waals surface area contributed by atoms with Crippen molar-refractivity contribution in [3.63, 3.8) is 0 Å². The number of carbonyl (C=O) groups is 2. The third kappa shape index (κ3) is 4.78. The summed E-state index contributed by atoms with van der Waals surface area (Å²) in [5, 5.41) is 5.11. The first-order valence-corrected chi connectivity index (χ1v) is 11.2. The first-order valence-electron chi connectivity index (χ1n) is 10.3. The van der Waals surface area contributed by atoms with E-state index in [1.165, 1.54) is 31.1 Å². The van der Waals surface area contributed by atoms with E-state index in [0.29, 0.717) is 33.5 Å². The van der Waals surface area contributed by atoms with Gasteiger partial charge < -0.3 is 19.5 Å². The van der Waals surface area contributed by atoms with Gasteiger partial charge in [-0.3, -0.25) is 4.79 Å². The summed E-state index contributed by atoms with van der Waals surface area (Å²) in [6.45, 7) is 6.24. The number of benzene rings is 2. The summed E-state index contributed by atoms with van der Waals surface area (Å²) in [5.74, 6) is 0.232. The van der Waals surface area contributed by atoms with E-state index < -0.39 is 11.9 Å². The van der Waals surface area contributed by atoms with Crippen molar-refractivity contribution in [1.29, 1.82) is 0 Å². The number of methoxy groups -OCH3 is 2. The van der Waals surface area contributed by atoms with Crippen molar-refractivity contribution in [3.05, 3.63) is 64.5 Å². The number of amides is 1. The van der Waals surface area contributed by atoms with Crippen molar-refractivity contribution in [1.82, 2.24) is 0 Å². The predicted octanol–water partition coefficient (Wildman–Crippen LogP) is 5.98. The molecule has 0 fully saturated rings. The van der Waals surface area contributed by atoms with Gasteiger partial charge in [0.1, 0.15) is 27.6 Å². The van der Waals surface area contributed by atoms with Gasteiger partial charge in [-0.1, -0.05) is 44.2 Å². The third-order valence-electron chi connectivity index (χ3n) is 5.04. The van der Waals surface area contributed by atoms with Crippen LogP contribution in [0.4, 0.5) is 5.00 Å². The van der Waals surface area contributed by atoms with E-state index in [1.807, 2.05) is 29.6 Å². The van der Waals surface area contributed by atoms with Crippen LogP contribution in [0.1, 0.15) is 53.0 Å². The lowest BCUT2D eigenvalue weighted by atomic mass is 9.98. The lowest BCUT2D eigenvalue weighted by Crippen LogP contribution is -2.16. The Kier molecular flexibility index (Phi) is 7.53. The number of hydrogen-bond acceptors (Lipinski definition) is 6. The summed E-state index contributed by atoms with van der Waals surface area (Å²) in [7, 11) is 2.97. The second-order valence-electron chi connectivity index (χ2n) is 7.34. The maximum Gasteiger partial charge on any atom is 0.341 e. The molecule has 1 aromatic heterocycles. The highest BCUT2D eigenvalue weighted by atomic mass is 32.1. The van der Waals surface area contributed by atoms with E-state index in [-0.39, 0.29) is 12.2 Å². The zero-order chi connectivity index (χ0) is 23.3. The molecule has 1 N–H and O–H groups in total. The Bertz CT molecular complexity index is 1080. The van der Waals surface area contributed by atoms with Crippen molar-refractivity contribution in [2.75, 3.05) is 26.1 Å². The molecule has 0 bridgehead atoms. The van der Waals surface area contributed by atoms with Crippen LogP contribution in [-0.4, -0.2) is 32.7 Å². The maximum atomic E-state index is 13.2. The van der Waals surface area contributed by atoms with Gasteiger partial charge in [-0.2, -0.15) is 0 Å². The Morgan fingerprint density at radius 1 is 0.969 bits per heavy atom. The zero-order valence-corrected chi connectivity index (χ0v) is 19.7. The molecule has 0 aliphatic rings. The largest absolute Gasteiger partial charge is 0.496 e. The Labute approximate surface area is 192 Å². The second kappa shape index (κ2) is 10.3. The standard InChI is InChI=1S/C25H27NO5S/c1-6-31-25(28)21-18(17-12-10-16(11-13-17)15(2)3)14-32-24(21)26-23(27)22-19(29-4)8-7-9-20(22)30-5/h7-15H,6H2,1-5H3,(H,26,27). The van der Waals surface area contributed by atoms with E-state index in [1.54, 1.807) is 25.1 Å². The van der Waals surface area contributed by atoms with Crippen molar-refractivity contribution in [2.24, 2.45) is 0 Å². The van der Waals surface area contributed by atoms with Crippen molar-refractivity contribution < 1.29 is 23.8 Å². The van der Waals surface area contributed by atoms with Gasteiger partial charge in [0.05, 0.1) is 20.8 Å². The van der Waals surface area contributed by atoms with Gasteiger partial charge in [-0.25, -0.2) is 4.79 Å². The summed E-state index contributed by atoms with van der Waals surface area (Å²) in [5.41, 5.74) is 3.38. The number of carbonyl (C=O) groups excluding carboxylic acids is 2. The number of thiophene rings is 1. The van der Waals surface area contributed by atoms with Crippen LogP contribution in [0.5, 0.6) is 11.5 Å². The molecule has 0 saturated carbocycles. The summed E-state index contributed by atoms with van der Waals surface area (Å²) in [6.07, 6.45) is 0. The minimum absolute atomic E-state index is 0.230. The Hall–Kier alpha value is -3.32. The molecule has 0 atom stereocenters. The molecule has 168 valence electrons. The summed E-state index contributed by atoms with van der Waals surface area (Å²) in [4.78, 5) is 26.0. The monoisotopic (exact) mass is 453 g/mol. The van der Waals surface area contributed by atoms with Crippen LogP contribution >= 0.6 is 11.3 Å². The number of ether oxygens (including phenoxy) is 3. The van der Waals surface area contributed by atoms with E-state index in [0.717, 1.165) is 5.56 Å². The molecule has 0 unspecified atom stereocenters. The maximum absolute atomic E-state index is 13.2. The average molecular weight is 454 g/mol. The van der Waals surface area contributed by atoms with Crippen LogP contribution in [0.25, 0.3) is 11.1 Å². The molecular formula is C25H27NO5S. The Morgan fingerprint density at radius 2 is 1.59 bits per heavy atom. The van der Waals surface area contributed by atoms with Crippen molar-refractivity contribution >= 4 is 28.2 Å². The van der Waals surface area contributed by atoms with Gasteiger partial charge in [0, 0.05) is 10.9 Å². The first kappa shape index (κ1) is 23.3. The molecule has 0 aliphatic heterocycles. The van der Waals surface area contributed by atoms with E-state index in [2.05, 4.69) is 19.2 Å². The molecule has 2 aromatic carbocycles. The van der Waals surface area contributed by atoms with Crippen LogP contribution < -0.4 is 14.8 Å². The quantitative estimate of drug-likeness (QED) is 0.425. The van der Waals surface area contributed by atoms with Crippen LogP contribution in [0.2, 0.25) is 0 Å². The zero-order valence-electron chi connectivity index (χ0n) is 18.9. The van der Waals surface area contributed by atoms with Gasteiger partial charge in [-0.15, -0.1) is 11.3 Å². The number of anilines is 1. The molecule has 0 aliphatic carbocycles. The number of hydrogen-bond donors (Lipinski definition) is 1. The fraction of sp³-hybridized carbons (Fsp3) is 0.280. The summed E-state index contributed by atoms with van der Waals surface area (Å²) in [6, 6.07) is 13.2. The second-order valence-corrected chi connectivity index (χ2v) is 8.22. The highest BCUT2D eigenvalue weighted by Crippen LogP contribution is 2.38. The van der Waals surface area contributed by atoms with E-state index >= 15 is 0 Å². The molecule has 1 amide bonds. The molecule has 0 saturated heterocycles. The number of esters is 1. The molecular weight excluding hydrogens is 426 g/mol. The third-order valence-corrected chi connectivity index (χ3v) is 5.94.